The first-order valence-electron chi connectivity index (χ1n) is 12.3. The van der Waals surface area contributed by atoms with Gasteiger partial charge in [-0.05, 0) is 38.3 Å². The maximum atomic E-state index is 13.4. The van der Waals surface area contributed by atoms with Crippen molar-refractivity contribution in [2.24, 2.45) is 5.92 Å². The minimum absolute atomic E-state index is 0.131. The molecule has 1 atom stereocenters. The number of aliphatic hydroxyl groups is 1. The van der Waals surface area contributed by atoms with Crippen LogP contribution < -0.4 is 15.6 Å². The number of aromatic nitrogens is 4. The third kappa shape index (κ3) is 6.73. The van der Waals surface area contributed by atoms with E-state index in [9.17, 15) is 14.7 Å². The van der Waals surface area contributed by atoms with Crippen LogP contribution in [-0.4, -0.2) is 36.2 Å². The summed E-state index contributed by atoms with van der Waals surface area (Å²) < 4.78 is 8.44. The predicted molar refractivity (Wildman–Crippen MR) is 137 cm³/mol. The first-order valence-corrected chi connectivity index (χ1v) is 12.6. The molecule has 192 valence electrons. The van der Waals surface area contributed by atoms with Crippen LogP contribution in [0.4, 0.5) is 5.82 Å². The molecule has 0 bridgehead atoms. The van der Waals surface area contributed by atoms with E-state index in [1.807, 2.05) is 18.2 Å². The predicted octanol–water partition coefficient (Wildman–Crippen LogP) is 4.81. The number of carbonyl (C=O) groups excluding carboxylic acids is 1. The average molecular weight is 514 g/mol. The van der Waals surface area contributed by atoms with E-state index in [2.05, 4.69) is 15.5 Å². The van der Waals surface area contributed by atoms with Crippen LogP contribution >= 0.6 is 11.6 Å². The van der Waals surface area contributed by atoms with Gasteiger partial charge in [0.05, 0.1) is 18.3 Å². The molecule has 1 aromatic carbocycles. The van der Waals surface area contributed by atoms with E-state index in [0.29, 0.717) is 23.9 Å². The lowest BCUT2D eigenvalue weighted by Crippen LogP contribution is -2.37. The molecule has 1 unspecified atom stereocenters. The number of hydrogen-bond donors (Lipinski definition) is 2. The molecule has 36 heavy (non-hydrogen) atoms. The zero-order chi connectivity index (χ0) is 25.7. The number of ether oxygens (including phenoxy) is 1. The van der Waals surface area contributed by atoms with Crippen molar-refractivity contribution in [1.82, 2.24) is 19.6 Å². The number of benzene rings is 1. The second-order valence-electron chi connectivity index (χ2n) is 9.94. The Hall–Kier alpha value is -3.17. The van der Waals surface area contributed by atoms with Crippen molar-refractivity contribution in [3.63, 3.8) is 0 Å². The maximum absolute atomic E-state index is 13.4. The van der Waals surface area contributed by atoms with Gasteiger partial charge in [0.2, 0.25) is 0 Å². The molecule has 0 aliphatic heterocycles. The van der Waals surface area contributed by atoms with Gasteiger partial charge in [-0.2, -0.15) is 10.2 Å². The van der Waals surface area contributed by atoms with Crippen LogP contribution in [0.5, 0.6) is 11.5 Å². The van der Waals surface area contributed by atoms with Crippen LogP contribution in [0.1, 0.15) is 58.4 Å². The lowest BCUT2D eigenvalue weighted by molar-refractivity contribution is -0.120. The van der Waals surface area contributed by atoms with Gasteiger partial charge in [0.1, 0.15) is 11.8 Å². The highest BCUT2D eigenvalue weighted by Crippen LogP contribution is 2.32. The highest BCUT2D eigenvalue weighted by Gasteiger charge is 2.29. The molecule has 2 aromatic heterocycles. The second-order valence-corrected chi connectivity index (χ2v) is 10.3. The number of hydrogen-bond acceptors (Lipinski definition) is 6. The fraction of sp³-hybridized carbons (Fsp3) is 0.462. The Labute approximate surface area is 215 Å². The van der Waals surface area contributed by atoms with Crippen molar-refractivity contribution >= 4 is 23.3 Å². The van der Waals surface area contributed by atoms with Crippen molar-refractivity contribution in [1.29, 1.82) is 0 Å². The molecule has 0 saturated heterocycles. The Morgan fingerprint density at radius 3 is 2.64 bits per heavy atom. The van der Waals surface area contributed by atoms with Gasteiger partial charge in [-0.1, -0.05) is 61.9 Å². The van der Waals surface area contributed by atoms with Crippen molar-refractivity contribution < 1.29 is 14.6 Å². The molecule has 10 heteroatoms. The summed E-state index contributed by atoms with van der Waals surface area (Å²) in [6.45, 7) is 3.63. The van der Waals surface area contributed by atoms with E-state index < -0.39 is 23.1 Å². The third-order valence-electron chi connectivity index (χ3n) is 6.20. The number of para-hydroxylation sites is 1. The largest absolute Gasteiger partial charge is 0.454 e. The second kappa shape index (κ2) is 11.3. The van der Waals surface area contributed by atoms with Gasteiger partial charge in [-0.25, -0.2) is 4.68 Å². The molecular weight excluding hydrogens is 482 g/mol. The number of nitrogens with zero attached hydrogens (tertiary/aromatic N) is 4. The van der Waals surface area contributed by atoms with Gasteiger partial charge in [0.25, 0.3) is 11.5 Å². The van der Waals surface area contributed by atoms with Gasteiger partial charge >= 0.3 is 0 Å². The van der Waals surface area contributed by atoms with E-state index in [-0.39, 0.29) is 17.3 Å². The number of rotatable bonds is 9. The molecule has 1 fully saturated rings. The van der Waals surface area contributed by atoms with E-state index in [1.54, 1.807) is 42.9 Å². The van der Waals surface area contributed by atoms with Crippen molar-refractivity contribution in [2.75, 3.05) is 5.32 Å². The molecule has 4 rings (SSSR count). The Morgan fingerprint density at radius 2 is 1.94 bits per heavy atom. The standard InChI is InChI=1S/C26H32ClN5O4/c1-26(2,35)17-31-14-13-22(30-31)29-24(33)20(15-18-9-5-3-6-10-18)32-25(34)23(27)21(16-28-32)36-19-11-7-4-8-12-19/h4,7-8,11-14,16,18,20,35H,3,5-6,9-10,15,17H2,1-2H3,(H,29,30,33). The van der Waals surface area contributed by atoms with E-state index in [1.165, 1.54) is 12.6 Å². The normalized spacial score (nSPS) is 15.4. The van der Waals surface area contributed by atoms with E-state index in [4.69, 9.17) is 16.3 Å². The molecule has 9 nitrogen and oxygen atoms in total. The summed E-state index contributed by atoms with van der Waals surface area (Å²) in [5.41, 5.74) is -1.54. The van der Waals surface area contributed by atoms with Crippen molar-refractivity contribution in [2.45, 2.75) is 70.6 Å². The Kier molecular flexibility index (Phi) is 8.11. The quantitative estimate of drug-likeness (QED) is 0.425. The van der Waals surface area contributed by atoms with Crippen molar-refractivity contribution in [3.05, 3.63) is 64.2 Å². The summed E-state index contributed by atoms with van der Waals surface area (Å²) in [6, 6.07) is 9.77. The molecular formula is C26H32ClN5O4. The number of carbonyl (C=O) groups is 1. The molecule has 1 saturated carbocycles. The van der Waals surface area contributed by atoms with Crippen LogP contribution in [0.3, 0.4) is 0 Å². The van der Waals surface area contributed by atoms with Crippen LogP contribution in [-0.2, 0) is 11.3 Å². The summed E-state index contributed by atoms with van der Waals surface area (Å²) in [7, 11) is 0. The molecule has 0 spiro atoms. The first kappa shape index (κ1) is 25.9. The molecule has 3 aromatic rings. The van der Waals surface area contributed by atoms with Gasteiger partial charge in [-0.3, -0.25) is 14.3 Å². The molecule has 0 radical (unpaired) electrons. The van der Waals surface area contributed by atoms with Crippen LogP contribution in [0.2, 0.25) is 5.02 Å². The Bertz CT molecular complexity index is 1230. The summed E-state index contributed by atoms with van der Waals surface area (Å²) in [6.07, 6.45) is 8.92. The lowest BCUT2D eigenvalue weighted by Gasteiger charge is -2.26. The fourth-order valence-electron chi connectivity index (χ4n) is 4.52. The number of halogens is 1. The fourth-order valence-corrected chi connectivity index (χ4v) is 4.69. The monoisotopic (exact) mass is 513 g/mol. The SMILES string of the molecule is CC(C)(O)Cn1ccc(NC(=O)C(CC2CCCCC2)n2ncc(Oc3ccccc3)c(Cl)c2=O)n1. The van der Waals surface area contributed by atoms with Crippen molar-refractivity contribution in [3.8, 4) is 11.5 Å². The number of amides is 1. The van der Waals surface area contributed by atoms with Gasteiger partial charge < -0.3 is 15.2 Å². The smallest absolute Gasteiger partial charge is 0.290 e. The lowest BCUT2D eigenvalue weighted by atomic mass is 9.84. The molecule has 2 N–H and O–H groups in total. The molecule has 1 aliphatic carbocycles. The molecule has 1 amide bonds. The van der Waals surface area contributed by atoms with Gasteiger partial charge in [0.15, 0.2) is 16.6 Å². The minimum atomic E-state index is -0.950. The molecule has 1 aliphatic rings. The topological polar surface area (TPSA) is 111 Å². The third-order valence-corrected chi connectivity index (χ3v) is 6.55. The highest BCUT2D eigenvalue weighted by atomic mass is 35.5. The van der Waals surface area contributed by atoms with Gasteiger partial charge in [0, 0.05) is 12.3 Å². The Morgan fingerprint density at radius 1 is 1.22 bits per heavy atom. The van der Waals surface area contributed by atoms with Crippen LogP contribution in [0.25, 0.3) is 0 Å². The average Bonchev–Trinajstić information content (AvgIpc) is 3.27. The summed E-state index contributed by atoms with van der Waals surface area (Å²) >= 11 is 6.40. The zero-order valence-corrected chi connectivity index (χ0v) is 21.3. The summed E-state index contributed by atoms with van der Waals surface area (Å²) in [5.74, 6) is 0.898. The first-order chi connectivity index (χ1) is 17.2. The van der Waals surface area contributed by atoms with Crippen LogP contribution in [0, 0.1) is 5.92 Å². The number of anilines is 1. The summed E-state index contributed by atoms with van der Waals surface area (Å²) in [4.78, 5) is 26.7. The highest BCUT2D eigenvalue weighted by molar-refractivity contribution is 6.31. The summed E-state index contributed by atoms with van der Waals surface area (Å²) in [5, 5.41) is 21.3. The number of nitrogens with one attached hydrogen (secondary N) is 1. The van der Waals surface area contributed by atoms with E-state index >= 15 is 0 Å². The van der Waals surface area contributed by atoms with Crippen LogP contribution in [0.15, 0.2) is 53.6 Å². The zero-order valence-electron chi connectivity index (χ0n) is 20.6. The minimum Gasteiger partial charge on any atom is -0.454 e. The maximum Gasteiger partial charge on any atom is 0.290 e. The van der Waals surface area contributed by atoms with E-state index in [0.717, 1.165) is 30.4 Å². The Balaban J connectivity index is 1.58. The van der Waals surface area contributed by atoms with Gasteiger partial charge in [-0.15, -0.1) is 0 Å². The molecule has 2 heterocycles.